The molecule has 1 aromatic carbocycles. The van der Waals surface area contributed by atoms with Crippen molar-refractivity contribution in [2.45, 2.75) is 31.7 Å². The fourth-order valence-electron chi connectivity index (χ4n) is 2.18. The highest BCUT2D eigenvalue weighted by atomic mass is 19.1. The van der Waals surface area contributed by atoms with Crippen LogP contribution >= 0.6 is 0 Å². The Bertz CT molecular complexity index is 460. The second-order valence-electron chi connectivity index (χ2n) is 4.29. The molecule has 17 heavy (non-hydrogen) atoms. The van der Waals surface area contributed by atoms with Crippen molar-refractivity contribution in [1.82, 2.24) is 0 Å². The largest absolute Gasteiger partial charge is 0.481 e. The highest BCUT2D eigenvalue weighted by molar-refractivity contribution is 5.68. The number of carboxylic acid groups (broad SMARTS) is 1. The van der Waals surface area contributed by atoms with Gasteiger partial charge < -0.3 is 14.9 Å². The molecule has 1 aromatic rings. The number of fused-ring (bicyclic) bond motifs is 1. The van der Waals surface area contributed by atoms with E-state index in [1.807, 2.05) is 0 Å². The molecule has 4 nitrogen and oxygen atoms in total. The minimum Gasteiger partial charge on any atom is -0.481 e. The SMILES string of the molecule is C[C@@H]1Cc2ccc(F)cc2C(O)(CC(=O)O)O1. The lowest BCUT2D eigenvalue weighted by Crippen LogP contribution is -2.41. The summed E-state index contributed by atoms with van der Waals surface area (Å²) in [6, 6.07) is 3.97. The van der Waals surface area contributed by atoms with E-state index in [9.17, 15) is 14.3 Å². The maximum atomic E-state index is 13.2. The number of hydrogen-bond acceptors (Lipinski definition) is 3. The fourth-order valence-corrected chi connectivity index (χ4v) is 2.18. The van der Waals surface area contributed by atoms with Gasteiger partial charge in [-0.05, 0) is 31.0 Å². The van der Waals surface area contributed by atoms with Gasteiger partial charge in [-0.2, -0.15) is 0 Å². The van der Waals surface area contributed by atoms with E-state index in [-0.39, 0.29) is 11.7 Å². The predicted molar refractivity (Wildman–Crippen MR) is 56.8 cm³/mol. The molecule has 92 valence electrons. The average Bonchev–Trinajstić information content (AvgIpc) is 2.17. The van der Waals surface area contributed by atoms with E-state index in [0.717, 1.165) is 6.07 Å². The average molecular weight is 240 g/mol. The molecule has 1 aliphatic heterocycles. The van der Waals surface area contributed by atoms with Crippen LogP contribution in [0.5, 0.6) is 0 Å². The first-order chi connectivity index (χ1) is 7.90. The minimum atomic E-state index is -1.94. The summed E-state index contributed by atoms with van der Waals surface area (Å²) in [6.07, 6.45) is -0.386. The van der Waals surface area contributed by atoms with Crippen molar-refractivity contribution in [3.8, 4) is 0 Å². The Morgan fingerprint density at radius 2 is 2.35 bits per heavy atom. The molecule has 0 amide bonds. The summed E-state index contributed by atoms with van der Waals surface area (Å²) < 4.78 is 18.4. The van der Waals surface area contributed by atoms with Crippen molar-refractivity contribution in [2.75, 3.05) is 0 Å². The van der Waals surface area contributed by atoms with Gasteiger partial charge in [-0.3, -0.25) is 4.79 Å². The zero-order valence-electron chi connectivity index (χ0n) is 9.31. The third-order valence-electron chi connectivity index (χ3n) is 2.79. The lowest BCUT2D eigenvalue weighted by atomic mass is 9.90. The van der Waals surface area contributed by atoms with E-state index >= 15 is 0 Å². The third kappa shape index (κ3) is 2.30. The Balaban J connectivity index is 2.48. The number of carboxylic acids is 1. The summed E-state index contributed by atoms with van der Waals surface area (Å²) in [5.74, 6) is -3.66. The first-order valence-corrected chi connectivity index (χ1v) is 5.31. The standard InChI is InChI=1S/C12H13FO4/c1-7-4-8-2-3-9(13)5-10(8)12(16,17-7)6-11(14)15/h2-3,5,7,16H,4,6H2,1H3,(H,14,15)/t7-,12?/m1/s1. The molecular weight excluding hydrogens is 227 g/mol. The van der Waals surface area contributed by atoms with Crippen LogP contribution in [0.1, 0.15) is 24.5 Å². The Labute approximate surface area is 97.6 Å². The number of rotatable bonds is 2. The van der Waals surface area contributed by atoms with E-state index in [1.165, 1.54) is 6.07 Å². The van der Waals surface area contributed by atoms with Gasteiger partial charge >= 0.3 is 5.97 Å². The molecule has 0 radical (unpaired) electrons. The van der Waals surface area contributed by atoms with Crippen molar-refractivity contribution < 1.29 is 24.1 Å². The molecule has 2 atom stereocenters. The molecule has 5 heteroatoms. The molecule has 0 saturated carbocycles. The fraction of sp³-hybridized carbons (Fsp3) is 0.417. The van der Waals surface area contributed by atoms with Crippen molar-refractivity contribution in [2.24, 2.45) is 0 Å². The predicted octanol–water partition coefficient (Wildman–Crippen LogP) is 1.41. The number of hydrogen-bond donors (Lipinski definition) is 2. The molecule has 2 N–H and O–H groups in total. The summed E-state index contributed by atoms with van der Waals surface area (Å²) in [5.41, 5.74) is 0.923. The second kappa shape index (κ2) is 4.09. The molecule has 0 aromatic heterocycles. The number of aliphatic carboxylic acids is 1. The van der Waals surface area contributed by atoms with Crippen LogP contribution in [-0.2, 0) is 21.7 Å². The number of carbonyl (C=O) groups is 1. The van der Waals surface area contributed by atoms with Gasteiger partial charge in [0.2, 0.25) is 5.79 Å². The molecule has 0 fully saturated rings. The molecule has 2 rings (SSSR count). The zero-order chi connectivity index (χ0) is 12.6. The van der Waals surface area contributed by atoms with Crippen molar-refractivity contribution in [3.63, 3.8) is 0 Å². The topological polar surface area (TPSA) is 66.8 Å². The lowest BCUT2D eigenvalue weighted by Gasteiger charge is -2.36. The Morgan fingerprint density at radius 1 is 1.65 bits per heavy atom. The Kier molecular flexibility index (Phi) is 2.89. The van der Waals surface area contributed by atoms with Crippen LogP contribution in [0.2, 0.25) is 0 Å². The summed E-state index contributed by atoms with van der Waals surface area (Å²) in [4.78, 5) is 10.7. The molecule has 1 unspecified atom stereocenters. The van der Waals surface area contributed by atoms with E-state index < -0.39 is 24.0 Å². The van der Waals surface area contributed by atoms with Gasteiger partial charge in [0.1, 0.15) is 12.2 Å². The number of benzene rings is 1. The van der Waals surface area contributed by atoms with Crippen molar-refractivity contribution >= 4 is 5.97 Å². The maximum Gasteiger partial charge on any atom is 0.309 e. The number of aliphatic hydroxyl groups is 1. The van der Waals surface area contributed by atoms with Crippen LogP contribution in [-0.4, -0.2) is 22.3 Å². The van der Waals surface area contributed by atoms with Crippen molar-refractivity contribution in [1.29, 1.82) is 0 Å². The molecule has 0 spiro atoms. The number of ether oxygens (including phenoxy) is 1. The highest BCUT2D eigenvalue weighted by Gasteiger charge is 2.40. The van der Waals surface area contributed by atoms with Crippen LogP contribution in [0.4, 0.5) is 4.39 Å². The zero-order valence-corrected chi connectivity index (χ0v) is 9.31. The maximum absolute atomic E-state index is 13.2. The van der Waals surface area contributed by atoms with Gasteiger partial charge in [-0.1, -0.05) is 6.07 Å². The summed E-state index contributed by atoms with van der Waals surface area (Å²) in [5, 5.41) is 19.0. The quantitative estimate of drug-likeness (QED) is 0.820. The Morgan fingerprint density at radius 3 is 3.00 bits per heavy atom. The third-order valence-corrected chi connectivity index (χ3v) is 2.79. The van der Waals surface area contributed by atoms with Gasteiger partial charge in [0.15, 0.2) is 0 Å². The van der Waals surface area contributed by atoms with Crippen LogP contribution < -0.4 is 0 Å². The van der Waals surface area contributed by atoms with Gasteiger partial charge in [-0.15, -0.1) is 0 Å². The molecule has 0 saturated heterocycles. The highest BCUT2D eigenvalue weighted by Crippen LogP contribution is 2.36. The molecule has 1 aliphatic rings. The van der Waals surface area contributed by atoms with E-state index in [4.69, 9.17) is 9.84 Å². The lowest BCUT2D eigenvalue weighted by molar-refractivity contribution is -0.247. The van der Waals surface area contributed by atoms with Crippen LogP contribution in [0.25, 0.3) is 0 Å². The smallest absolute Gasteiger partial charge is 0.309 e. The monoisotopic (exact) mass is 240 g/mol. The van der Waals surface area contributed by atoms with E-state index in [2.05, 4.69) is 0 Å². The Hall–Kier alpha value is -1.46. The van der Waals surface area contributed by atoms with Gasteiger partial charge in [-0.25, -0.2) is 4.39 Å². The summed E-state index contributed by atoms with van der Waals surface area (Å²) >= 11 is 0. The first-order valence-electron chi connectivity index (χ1n) is 5.31. The van der Waals surface area contributed by atoms with Crippen LogP contribution in [0, 0.1) is 5.82 Å². The van der Waals surface area contributed by atoms with Gasteiger partial charge in [0.25, 0.3) is 0 Å². The molecule has 1 heterocycles. The summed E-state index contributed by atoms with van der Waals surface area (Å²) in [7, 11) is 0. The van der Waals surface area contributed by atoms with Crippen LogP contribution in [0.3, 0.4) is 0 Å². The van der Waals surface area contributed by atoms with Crippen molar-refractivity contribution in [3.05, 3.63) is 35.1 Å². The summed E-state index contributed by atoms with van der Waals surface area (Å²) in [6.45, 7) is 1.74. The second-order valence-corrected chi connectivity index (χ2v) is 4.29. The van der Waals surface area contributed by atoms with Crippen LogP contribution in [0.15, 0.2) is 18.2 Å². The normalized spacial score (nSPS) is 27.6. The molecule has 0 aliphatic carbocycles. The van der Waals surface area contributed by atoms with Gasteiger partial charge in [0.05, 0.1) is 6.10 Å². The number of halogens is 1. The minimum absolute atomic E-state index is 0.206. The molecular formula is C12H13FO4. The first kappa shape index (κ1) is 12.0. The van der Waals surface area contributed by atoms with Gasteiger partial charge in [0, 0.05) is 5.56 Å². The van der Waals surface area contributed by atoms with E-state index in [1.54, 1.807) is 13.0 Å². The molecule has 0 bridgehead atoms. The van der Waals surface area contributed by atoms with E-state index in [0.29, 0.717) is 12.0 Å².